The Balaban J connectivity index is 4.08. The standard InChI is InChI=1S/C71H118O6/c1-4-7-10-13-15-17-19-21-23-25-27-28-29-30-31-32-33-34-35-36-37-38-39-40-41-42-44-45-47-49-51-53-55-58-61-64-70(73)76-67-68(66-75-69(72)63-60-57-12-9-6-3)77-71(74)65-62-59-56-54-52-50-48-46-43-26-24-22-20-18-16-14-11-8-5-2/h7,10,15,17,21-24,27-28,30-31,33-34,36-37,39-40,42,44,68H,4-6,8-9,11-14,16,18-20,25-26,29,32,35,38,41,43,45-67H2,1-3H3/b10-7-,17-15-,23-21-,24-22-,28-27-,31-30-,34-33-,37-36-,40-39-,44-42-. The highest BCUT2D eigenvalue weighted by atomic mass is 16.6. The molecule has 0 aromatic rings. The van der Waals surface area contributed by atoms with Crippen molar-refractivity contribution < 1.29 is 28.6 Å². The van der Waals surface area contributed by atoms with Gasteiger partial charge >= 0.3 is 17.9 Å². The minimum atomic E-state index is -0.782. The van der Waals surface area contributed by atoms with Crippen molar-refractivity contribution in [3.63, 3.8) is 0 Å². The SMILES string of the molecule is CC/C=C\C/C=C\C/C=C\C/C=C\C/C=C\C/C=C\C/C=C\C/C=C\C/C=C\CCCCCCCCCC(=O)OCC(COC(=O)CCCCCCC)OC(=O)CCCCCCCCCCC/C=C\CCCCCCCC. The lowest BCUT2D eigenvalue weighted by Crippen LogP contribution is -2.30. The second kappa shape index (κ2) is 64.3. The molecule has 0 heterocycles. The number of allylic oxidation sites excluding steroid dienone is 20. The van der Waals surface area contributed by atoms with Crippen molar-refractivity contribution >= 4 is 17.9 Å². The summed E-state index contributed by atoms with van der Waals surface area (Å²) in [6, 6.07) is 0. The van der Waals surface area contributed by atoms with Gasteiger partial charge in [0.2, 0.25) is 0 Å². The van der Waals surface area contributed by atoms with Crippen molar-refractivity contribution in [3.8, 4) is 0 Å². The monoisotopic (exact) mass is 1070 g/mol. The Kier molecular flexibility index (Phi) is 60.8. The fourth-order valence-corrected chi connectivity index (χ4v) is 8.67. The predicted molar refractivity (Wildman–Crippen MR) is 334 cm³/mol. The Morgan fingerprint density at radius 3 is 0.805 bits per heavy atom. The highest BCUT2D eigenvalue weighted by Crippen LogP contribution is 2.15. The third kappa shape index (κ3) is 62.5. The molecule has 6 heteroatoms. The lowest BCUT2D eigenvalue weighted by atomic mass is 10.1. The Hall–Kier alpha value is -4.19. The quantitative estimate of drug-likeness (QED) is 0.0261. The first-order chi connectivity index (χ1) is 38.0. The van der Waals surface area contributed by atoms with Crippen LogP contribution in [0.3, 0.4) is 0 Å². The van der Waals surface area contributed by atoms with Crippen LogP contribution in [0, 0.1) is 0 Å². The second-order valence-electron chi connectivity index (χ2n) is 20.9. The van der Waals surface area contributed by atoms with Crippen molar-refractivity contribution in [2.75, 3.05) is 13.2 Å². The van der Waals surface area contributed by atoms with Gasteiger partial charge in [-0.3, -0.25) is 14.4 Å². The molecule has 0 radical (unpaired) electrons. The Morgan fingerprint density at radius 1 is 0.273 bits per heavy atom. The van der Waals surface area contributed by atoms with Gasteiger partial charge in [-0.15, -0.1) is 0 Å². The number of carbonyl (C=O) groups is 3. The van der Waals surface area contributed by atoms with Gasteiger partial charge in [-0.25, -0.2) is 0 Å². The van der Waals surface area contributed by atoms with Crippen molar-refractivity contribution in [2.45, 2.75) is 297 Å². The van der Waals surface area contributed by atoms with Gasteiger partial charge in [-0.05, 0) is 116 Å². The maximum absolute atomic E-state index is 12.8. The number of rotatable bonds is 57. The summed E-state index contributed by atoms with van der Waals surface area (Å²) in [5, 5.41) is 0. The summed E-state index contributed by atoms with van der Waals surface area (Å²) < 4.78 is 16.7. The molecule has 0 bridgehead atoms. The second-order valence-corrected chi connectivity index (χ2v) is 20.9. The molecule has 77 heavy (non-hydrogen) atoms. The minimum absolute atomic E-state index is 0.0831. The predicted octanol–water partition coefficient (Wildman–Crippen LogP) is 22.0. The molecule has 0 fully saturated rings. The van der Waals surface area contributed by atoms with Gasteiger partial charge in [0, 0.05) is 19.3 Å². The van der Waals surface area contributed by atoms with Crippen molar-refractivity contribution in [3.05, 3.63) is 122 Å². The summed E-state index contributed by atoms with van der Waals surface area (Å²) in [7, 11) is 0. The molecule has 0 saturated heterocycles. The summed E-state index contributed by atoms with van der Waals surface area (Å²) >= 11 is 0. The van der Waals surface area contributed by atoms with Gasteiger partial charge in [0.25, 0.3) is 0 Å². The van der Waals surface area contributed by atoms with Gasteiger partial charge in [0.05, 0.1) is 0 Å². The van der Waals surface area contributed by atoms with E-state index >= 15 is 0 Å². The highest BCUT2D eigenvalue weighted by molar-refractivity contribution is 5.71. The molecule has 0 aliphatic heterocycles. The van der Waals surface area contributed by atoms with Crippen LogP contribution in [0.5, 0.6) is 0 Å². The molecule has 0 spiro atoms. The van der Waals surface area contributed by atoms with Gasteiger partial charge in [0.15, 0.2) is 6.10 Å². The van der Waals surface area contributed by atoms with Gasteiger partial charge in [-0.2, -0.15) is 0 Å². The van der Waals surface area contributed by atoms with E-state index in [0.29, 0.717) is 19.3 Å². The summed E-state index contributed by atoms with van der Waals surface area (Å²) in [6.07, 6.45) is 89.7. The lowest BCUT2D eigenvalue weighted by Gasteiger charge is -2.18. The van der Waals surface area contributed by atoms with Crippen LogP contribution in [0.2, 0.25) is 0 Å². The molecular formula is C71H118O6. The minimum Gasteiger partial charge on any atom is -0.462 e. The number of hydrogen-bond acceptors (Lipinski definition) is 6. The number of hydrogen-bond donors (Lipinski definition) is 0. The first kappa shape index (κ1) is 72.8. The molecule has 0 saturated carbocycles. The van der Waals surface area contributed by atoms with E-state index < -0.39 is 6.10 Å². The molecule has 0 aromatic carbocycles. The molecule has 0 rings (SSSR count). The molecule has 0 N–H and O–H groups in total. The zero-order valence-electron chi connectivity index (χ0n) is 50.2. The van der Waals surface area contributed by atoms with Crippen LogP contribution in [0.1, 0.15) is 290 Å². The van der Waals surface area contributed by atoms with E-state index in [1.165, 1.54) is 122 Å². The largest absolute Gasteiger partial charge is 0.462 e. The van der Waals surface area contributed by atoms with Crippen LogP contribution in [-0.4, -0.2) is 37.2 Å². The van der Waals surface area contributed by atoms with E-state index in [-0.39, 0.29) is 31.1 Å². The number of carbonyl (C=O) groups excluding carboxylic acids is 3. The first-order valence-electron chi connectivity index (χ1n) is 32.0. The average Bonchev–Trinajstić information content (AvgIpc) is 3.43. The van der Waals surface area contributed by atoms with Crippen molar-refractivity contribution in [1.29, 1.82) is 0 Å². The van der Waals surface area contributed by atoms with E-state index in [0.717, 1.165) is 128 Å². The molecule has 0 aromatic heterocycles. The molecule has 6 nitrogen and oxygen atoms in total. The molecule has 1 unspecified atom stereocenters. The molecule has 0 aliphatic rings. The Morgan fingerprint density at radius 2 is 0.506 bits per heavy atom. The number of unbranched alkanes of at least 4 members (excludes halogenated alkanes) is 26. The first-order valence-corrected chi connectivity index (χ1v) is 32.0. The number of ether oxygens (including phenoxy) is 3. The fourth-order valence-electron chi connectivity index (χ4n) is 8.67. The highest BCUT2D eigenvalue weighted by Gasteiger charge is 2.19. The van der Waals surface area contributed by atoms with E-state index in [9.17, 15) is 14.4 Å². The smallest absolute Gasteiger partial charge is 0.306 e. The molecule has 438 valence electrons. The average molecular weight is 1070 g/mol. The van der Waals surface area contributed by atoms with E-state index in [2.05, 4.69) is 142 Å². The summed E-state index contributed by atoms with van der Waals surface area (Å²) in [6.45, 7) is 6.44. The summed E-state index contributed by atoms with van der Waals surface area (Å²) in [5.74, 6) is -0.907. The Labute approximate surface area is 475 Å². The van der Waals surface area contributed by atoms with Crippen molar-refractivity contribution in [1.82, 2.24) is 0 Å². The lowest BCUT2D eigenvalue weighted by molar-refractivity contribution is -0.167. The third-order valence-corrected chi connectivity index (χ3v) is 13.5. The summed E-state index contributed by atoms with van der Waals surface area (Å²) in [4.78, 5) is 37.9. The maximum Gasteiger partial charge on any atom is 0.306 e. The Bertz CT molecular complexity index is 1600. The van der Waals surface area contributed by atoms with Gasteiger partial charge < -0.3 is 14.2 Å². The van der Waals surface area contributed by atoms with Crippen LogP contribution >= 0.6 is 0 Å². The van der Waals surface area contributed by atoms with Crippen molar-refractivity contribution in [2.24, 2.45) is 0 Å². The van der Waals surface area contributed by atoms with Gasteiger partial charge in [0.1, 0.15) is 13.2 Å². The molecule has 0 amide bonds. The maximum atomic E-state index is 12.8. The topological polar surface area (TPSA) is 78.9 Å². The molecule has 0 aliphatic carbocycles. The molecule has 1 atom stereocenters. The third-order valence-electron chi connectivity index (χ3n) is 13.5. The summed E-state index contributed by atoms with van der Waals surface area (Å²) in [5.41, 5.74) is 0. The zero-order chi connectivity index (χ0) is 55.7. The van der Waals surface area contributed by atoms with Crippen LogP contribution in [0.15, 0.2) is 122 Å². The van der Waals surface area contributed by atoms with E-state index in [4.69, 9.17) is 14.2 Å². The van der Waals surface area contributed by atoms with Crippen LogP contribution in [-0.2, 0) is 28.6 Å². The fraction of sp³-hybridized carbons (Fsp3) is 0.676. The number of esters is 3. The van der Waals surface area contributed by atoms with E-state index in [1.807, 2.05) is 0 Å². The van der Waals surface area contributed by atoms with Gasteiger partial charge in [-0.1, -0.05) is 277 Å². The van der Waals surface area contributed by atoms with Crippen LogP contribution in [0.4, 0.5) is 0 Å². The zero-order valence-corrected chi connectivity index (χ0v) is 50.2. The van der Waals surface area contributed by atoms with Crippen LogP contribution in [0.25, 0.3) is 0 Å². The van der Waals surface area contributed by atoms with Crippen LogP contribution < -0.4 is 0 Å². The normalized spacial score (nSPS) is 12.9. The van der Waals surface area contributed by atoms with E-state index in [1.54, 1.807) is 0 Å². The molecular weight excluding hydrogens is 949 g/mol.